The number of ketones is 1. The van der Waals surface area contributed by atoms with E-state index in [0.717, 1.165) is 11.1 Å². The Morgan fingerprint density at radius 1 is 1.12 bits per heavy atom. The fourth-order valence-electron chi connectivity index (χ4n) is 2.40. The molecule has 2 aromatic carbocycles. The SMILES string of the molecule is COc1cc(C(C)=O)ccc1OCC(=O)Nc1c(C)cc(C)cc1Cl. The van der Waals surface area contributed by atoms with Gasteiger partial charge in [0.25, 0.3) is 5.91 Å². The number of benzene rings is 2. The van der Waals surface area contributed by atoms with Crippen LogP contribution in [0.5, 0.6) is 11.5 Å². The van der Waals surface area contributed by atoms with Gasteiger partial charge in [0, 0.05) is 5.56 Å². The number of ether oxygens (including phenoxy) is 2. The predicted octanol–water partition coefficient (Wildman–Crippen LogP) is 4.19. The van der Waals surface area contributed by atoms with Gasteiger partial charge >= 0.3 is 0 Å². The zero-order valence-electron chi connectivity index (χ0n) is 14.6. The first kappa shape index (κ1) is 18.8. The minimum Gasteiger partial charge on any atom is -0.493 e. The van der Waals surface area contributed by atoms with Crippen LogP contribution in [0, 0.1) is 13.8 Å². The molecule has 0 saturated heterocycles. The normalized spacial score (nSPS) is 10.3. The van der Waals surface area contributed by atoms with Gasteiger partial charge in [-0.25, -0.2) is 0 Å². The first-order chi connectivity index (χ1) is 11.8. The van der Waals surface area contributed by atoms with Crippen LogP contribution < -0.4 is 14.8 Å². The van der Waals surface area contributed by atoms with Crippen molar-refractivity contribution in [3.63, 3.8) is 0 Å². The van der Waals surface area contributed by atoms with Crippen molar-refractivity contribution < 1.29 is 19.1 Å². The molecule has 1 N–H and O–H groups in total. The third-order valence-corrected chi connectivity index (χ3v) is 3.92. The molecule has 0 saturated carbocycles. The molecule has 0 radical (unpaired) electrons. The van der Waals surface area contributed by atoms with E-state index >= 15 is 0 Å². The molecule has 1 amide bonds. The molecule has 0 aliphatic carbocycles. The van der Waals surface area contributed by atoms with Crippen molar-refractivity contribution in [2.75, 3.05) is 19.0 Å². The number of carbonyl (C=O) groups excluding carboxylic acids is 2. The van der Waals surface area contributed by atoms with Crippen LogP contribution in [0.25, 0.3) is 0 Å². The van der Waals surface area contributed by atoms with Crippen LogP contribution in [-0.4, -0.2) is 25.4 Å². The quantitative estimate of drug-likeness (QED) is 0.784. The van der Waals surface area contributed by atoms with Crippen molar-refractivity contribution in [3.05, 3.63) is 52.0 Å². The molecule has 0 unspecified atom stereocenters. The highest BCUT2D eigenvalue weighted by molar-refractivity contribution is 6.34. The van der Waals surface area contributed by atoms with Gasteiger partial charge in [0.05, 0.1) is 17.8 Å². The number of Topliss-reactive ketones (excluding diaryl/α,β-unsaturated/α-hetero) is 1. The Kier molecular flexibility index (Phi) is 6.04. The maximum atomic E-state index is 12.2. The van der Waals surface area contributed by atoms with Gasteiger partial charge in [-0.3, -0.25) is 9.59 Å². The highest BCUT2D eigenvalue weighted by atomic mass is 35.5. The summed E-state index contributed by atoms with van der Waals surface area (Å²) >= 11 is 6.18. The molecule has 2 aromatic rings. The van der Waals surface area contributed by atoms with E-state index in [0.29, 0.717) is 27.8 Å². The summed E-state index contributed by atoms with van der Waals surface area (Å²) in [5.74, 6) is 0.359. The third-order valence-electron chi connectivity index (χ3n) is 3.63. The summed E-state index contributed by atoms with van der Waals surface area (Å²) in [5.41, 5.74) is 2.98. The van der Waals surface area contributed by atoms with Gasteiger partial charge in [-0.1, -0.05) is 17.7 Å². The van der Waals surface area contributed by atoms with Gasteiger partial charge < -0.3 is 14.8 Å². The Labute approximate surface area is 151 Å². The van der Waals surface area contributed by atoms with Crippen LogP contribution in [0.3, 0.4) is 0 Å². The number of hydrogen-bond donors (Lipinski definition) is 1. The first-order valence-electron chi connectivity index (χ1n) is 7.70. The minimum absolute atomic E-state index is 0.0768. The second-order valence-corrected chi connectivity index (χ2v) is 6.10. The Balaban J connectivity index is 2.07. The number of amides is 1. The Morgan fingerprint density at radius 2 is 1.84 bits per heavy atom. The lowest BCUT2D eigenvalue weighted by atomic mass is 10.1. The number of hydrogen-bond acceptors (Lipinski definition) is 4. The Bertz CT molecular complexity index is 794. The molecule has 132 valence electrons. The average Bonchev–Trinajstić information content (AvgIpc) is 2.55. The van der Waals surface area contributed by atoms with Crippen molar-refractivity contribution in [3.8, 4) is 11.5 Å². The summed E-state index contributed by atoms with van der Waals surface area (Å²) < 4.78 is 10.7. The number of rotatable bonds is 6. The molecule has 0 aromatic heterocycles. The van der Waals surface area contributed by atoms with Crippen LogP contribution in [0.1, 0.15) is 28.4 Å². The van der Waals surface area contributed by atoms with E-state index in [2.05, 4.69) is 5.32 Å². The molecule has 6 heteroatoms. The second kappa shape index (κ2) is 8.03. The highest BCUT2D eigenvalue weighted by Crippen LogP contribution is 2.29. The van der Waals surface area contributed by atoms with Gasteiger partial charge in [0.2, 0.25) is 0 Å². The van der Waals surface area contributed by atoms with E-state index in [-0.39, 0.29) is 18.3 Å². The molecule has 25 heavy (non-hydrogen) atoms. The number of halogens is 1. The average molecular weight is 362 g/mol. The molecule has 0 fully saturated rings. The van der Waals surface area contributed by atoms with E-state index in [4.69, 9.17) is 21.1 Å². The van der Waals surface area contributed by atoms with Crippen LogP contribution in [0.2, 0.25) is 5.02 Å². The lowest BCUT2D eigenvalue weighted by Gasteiger charge is -2.14. The number of aryl methyl sites for hydroxylation is 2. The summed E-state index contributed by atoms with van der Waals surface area (Å²) in [4.78, 5) is 23.6. The van der Waals surface area contributed by atoms with Gasteiger partial charge in [-0.2, -0.15) is 0 Å². The van der Waals surface area contributed by atoms with E-state index < -0.39 is 0 Å². The van der Waals surface area contributed by atoms with Gasteiger partial charge in [-0.15, -0.1) is 0 Å². The van der Waals surface area contributed by atoms with E-state index in [1.165, 1.54) is 14.0 Å². The molecule has 0 bridgehead atoms. The molecular formula is C19H20ClNO4. The van der Waals surface area contributed by atoms with Gasteiger partial charge in [0.15, 0.2) is 23.9 Å². The maximum absolute atomic E-state index is 12.2. The highest BCUT2D eigenvalue weighted by Gasteiger charge is 2.13. The van der Waals surface area contributed by atoms with E-state index in [9.17, 15) is 9.59 Å². The summed E-state index contributed by atoms with van der Waals surface area (Å²) in [6.07, 6.45) is 0. The van der Waals surface area contributed by atoms with E-state index in [1.54, 1.807) is 24.3 Å². The first-order valence-corrected chi connectivity index (χ1v) is 8.08. The molecule has 5 nitrogen and oxygen atoms in total. The topological polar surface area (TPSA) is 64.6 Å². The monoisotopic (exact) mass is 361 g/mol. The molecule has 2 rings (SSSR count). The summed E-state index contributed by atoms with van der Waals surface area (Å²) in [7, 11) is 1.47. The summed E-state index contributed by atoms with van der Waals surface area (Å²) in [5, 5.41) is 3.23. The molecular weight excluding hydrogens is 342 g/mol. The predicted molar refractivity (Wildman–Crippen MR) is 98.0 cm³/mol. The van der Waals surface area contributed by atoms with Crippen molar-refractivity contribution in [1.82, 2.24) is 0 Å². The largest absolute Gasteiger partial charge is 0.493 e. The van der Waals surface area contributed by atoms with Crippen LogP contribution in [-0.2, 0) is 4.79 Å². The number of carbonyl (C=O) groups is 2. The number of nitrogens with one attached hydrogen (secondary N) is 1. The molecule has 0 aliphatic heterocycles. The standard InChI is InChI=1S/C19H20ClNO4/c1-11-7-12(2)19(15(20)8-11)21-18(23)10-25-16-6-5-14(13(3)22)9-17(16)24-4/h5-9H,10H2,1-4H3,(H,21,23). The zero-order valence-corrected chi connectivity index (χ0v) is 15.4. The Morgan fingerprint density at radius 3 is 2.44 bits per heavy atom. The lowest BCUT2D eigenvalue weighted by molar-refractivity contribution is -0.118. The fourth-order valence-corrected chi connectivity index (χ4v) is 2.77. The Hall–Kier alpha value is -2.53. The summed E-state index contributed by atoms with van der Waals surface area (Å²) in [6, 6.07) is 8.53. The van der Waals surface area contributed by atoms with E-state index in [1.807, 2.05) is 19.9 Å². The second-order valence-electron chi connectivity index (χ2n) is 5.70. The fraction of sp³-hybridized carbons (Fsp3) is 0.263. The smallest absolute Gasteiger partial charge is 0.262 e. The van der Waals surface area contributed by atoms with Crippen molar-refractivity contribution >= 4 is 29.0 Å². The van der Waals surface area contributed by atoms with Crippen molar-refractivity contribution in [1.29, 1.82) is 0 Å². The zero-order chi connectivity index (χ0) is 18.6. The number of methoxy groups -OCH3 is 1. The van der Waals surface area contributed by atoms with Crippen LogP contribution in [0.15, 0.2) is 30.3 Å². The van der Waals surface area contributed by atoms with Crippen molar-refractivity contribution in [2.24, 2.45) is 0 Å². The lowest BCUT2D eigenvalue weighted by Crippen LogP contribution is -2.21. The molecule has 0 heterocycles. The van der Waals surface area contributed by atoms with Crippen LogP contribution in [0.4, 0.5) is 5.69 Å². The van der Waals surface area contributed by atoms with Crippen LogP contribution >= 0.6 is 11.6 Å². The molecule has 0 atom stereocenters. The van der Waals surface area contributed by atoms with Gasteiger partial charge in [-0.05, 0) is 56.2 Å². The molecule has 0 spiro atoms. The maximum Gasteiger partial charge on any atom is 0.262 e. The summed E-state index contributed by atoms with van der Waals surface area (Å²) in [6.45, 7) is 5.07. The minimum atomic E-state index is -0.341. The van der Waals surface area contributed by atoms with Crippen molar-refractivity contribution in [2.45, 2.75) is 20.8 Å². The number of anilines is 1. The van der Waals surface area contributed by atoms with Gasteiger partial charge in [0.1, 0.15) is 0 Å². The third kappa shape index (κ3) is 4.73. The molecule has 0 aliphatic rings.